The number of thiazole rings is 1. The molecule has 3 fully saturated rings. The van der Waals surface area contributed by atoms with Gasteiger partial charge in [0.25, 0.3) is 35.4 Å². The Balaban J connectivity index is 0.000000213. The molecule has 2 atom stereocenters. The van der Waals surface area contributed by atoms with Gasteiger partial charge in [0.15, 0.2) is 23.0 Å². The number of aliphatic hydroxyl groups is 1. The summed E-state index contributed by atoms with van der Waals surface area (Å²) >= 11 is 1.31. The fourth-order valence-corrected chi connectivity index (χ4v) is 14.2. The normalized spacial score (nSPS) is 17.0. The maximum atomic E-state index is 15.5. The zero-order valence-corrected chi connectivity index (χ0v) is 63.2. The third-order valence-electron chi connectivity index (χ3n) is 19.5. The van der Waals surface area contributed by atoms with Crippen LogP contribution in [0.25, 0.3) is 0 Å². The predicted molar refractivity (Wildman–Crippen MR) is 396 cm³/mol. The van der Waals surface area contributed by atoms with E-state index in [4.69, 9.17) is 0 Å². The molecule has 608 valence electrons. The Labute approximate surface area is 647 Å². The lowest BCUT2D eigenvalue weighted by Crippen LogP contribution is -2.59. The summed E-state index contributed by atoms with van der Waals surface area (Å²) in [6, 6.07) is 16.1. The molecule has 4 aliphatic rings. The monoisotopic (exact) mass is 1610 g/mol. The van der Waals surface area contributed by atoms with Crippen molar-refractivity contribution in [1.82, 2.24) is 50.5 Å². The van der Waals surface area contributed by atoms with Gasteiger partial charge < -0.3 is 51.7 Å². The van der Waals surface area contributed by atoms with Crippen molar-refractivity contribution < 1.29 is 96.1 Å². The zero-order chi connectivity index (χ0) is 82.3. The molecule has 3 aromatic heterocycles. The van der Waals surface area contributed by atoms with E-state index in [0.717, 1.165) is 61.8 Å². The molecule has 8 amide bonds. The Morgan fingerprint density at radius 2 is 0.920 bits per heavy atom. The number of aromatic nitrogens is 3. The van der Waals surface area contributed by atoms with Gasteiger partial charge in [0, 0.05) is 103 Å². The van der Waals surface area contributed by atoms with Crippen LogP contribution in [0.4, 0.5) is 69.7 Å². The second-order valence-electron chi connectivity index (χ2n) is 29.1. The van der Waals surface area contributed by atoms with E-state index < -0.39 is 127 Å². The van der Waals surface area contributed by atoms with Crippen molar-refractivity contribution in [1.29, 1.82) is 0 Å². The summed E-state index contributed by atoms with van der Waals surface area (Å²) < 4.78 is 176. The molecule has 0 saturated carbocycles. The lowest BCUT2D eigenvalue weighted by molar-refractivity contribution is -0.164. The molecule has 2 unspecified atom stereocenters. The van der Waals surface area contributed by atoms with E-state index in [1.54, 1.807) is 41.7 Å². The van der Waals surface area contributed by atoms with Gasteiger partial charge in [-0.25, -0.2) is 41.3 Å². The van der Waals surface area contributed by atoms with Gasteiger partial charge in [-0.2, -0.15) is 26.3 Å². The smallest absolute Gasteiger partial charge is 0.369 e. The zero-order valence-electron chi connectivity index (χ0n) is 62.4. The molecule has 11 rings (SSSR count). The van der Waals surface area contributed by atoms with Gasteiger partial charge in [-0.3, -0.25) is 43.3 Å². The second kappa shape index (κ2) is 36.2. The number of benzene rings is 4. The average molecular weight is 1610 g/mol. The summed E-state index contributed by atoms with van der Waals surface area (Å²) in [6.07, 6.45) is 1.59. The van der Waals surface area contributed by atoms with Gasteiger partial charge in [0.2, 0.25) is 11.8 Å². The van der Waals surface area contributed by atoms with Crippen molar-refractivity contribution in [2.24, 2.45) is 10.8 Å². The molecule has 4 aromatic carbocycles. The fourth-order valence-electron chi connectivity index (χ4n) is 13.2. The molecule has 35 heteroatoms. The topological polar surface area (TPSA) is 281 Å². The number of alkyl halides is 6. The first kappa shape index (κ1) is 88.2. The average Bonchev–Trinajstić information content (AvgIpc) is 1.41. The summed E-state index contributed by atoms with van der Waals surface area (Å²) in [5, 5.41) is 26.2. The summed E-state index contributed by atoms with van der Waals surface area (Å²) in [7, 11) is 1.61. The summed E-state index contributed by atoms with van der Waals surface area (Å²) in [6.45, 7) is 14.2. The van der Waals surface area contributed by atoms with Crippen LogP contribution in [-0.2, 0) is 54.7 Å². The molecule has 0 spiro atoms. The number of anilines is 3. The van der Waals surface area contributed by atoms with Gasteiger partial charge in [0.05, 0.1) is 42.0 Å². The molecule has 7 aromatic rings. The lowest BCUT2D eigenvalue weighted by Gasteiger charge is -2.45. The number of nitrogens with one attached hydrogen (secondary N) is 6. The minimum absolute atomic E-state index is 0. The number of halogens is 12. The molecule has 7 N–H and O–H groups in total. The van der Waals surface area contributed by atoms with E-state index in [1.165, 1.54) is 68.5 Å². The highest BCUT2D eigenvalue weighted by molar-refractivity contribution is 7.11. The fraction of sp³-hybridized carbons (Fsp3) is 0.423. The van der Waals surface area contributed by atoms with Crippen molar-refractivity contribution in [3.8, 4) is 0 Å². The number of hydrogen-bond acceptors (Lipinski definition) is 15. The SMILES string of the molecule is C.CNCC(=O)NC1CCN(C(=O)C(F)(F)c2nc(C(=O)Nc3ccc(F)c(C)c3)ccc2F)CC1(C)C.Cc1cc(NC(=O)c2ccc(F)c(C(F)(F)C(=O)N3CCC(NC(=O)CN4CCC(O)CC4)C(C)(C)C3)c2)ccc1F.Cc1nc2c(s1)CN(C(=O)C(F)(F)c1nc(C(=O)Nc3ccc(F)c(C)c3)ccc1F)CC2. The first-order chi connectivity index (χ1) is 52.5. The van der Waals surface area contributed by atoms with E-state index in [9.17, 15) is 69.8 Å². The molecule has 0 aliphatic carbocycles. The quantitative estimate of drug-likeness (QED) is 0.0394. The van der Waals surface area contributed by atoms with Crippen molar-refractivity contribution >= 4 is 75.7 Å². The second-order valence-corrected chi connectivity index (χ2v) is 30.4. The van der Waals surface area contributed by atoms with Crippen LogP contribution in [0.5, 0.6) is 0 Å². The molecular formula is C78H87F12N13O9S. The number of nitrogens with zero attached hydrogens (tertiary/aromatic N) is 7. The summed E-state index contributed by atoms with van der Waals surface area (Å²) in [5.74, 6) is -26.6. The largest absolute Gasteiger partial charge is 0.393 e. The number of fused-ring (bicyclic) bond motifs is 1. The highest BCUT2D eigenvalue weighted by atomic mass is 32.1. The van der Waals surface area contributed by atoms with Crippen LogP contribution in [0.15, 0.2) is 97.1 Å². The van der Waals surface area contributed by atoms with Gasteiger partial charge in [-0.15, -0.1) is 11.3 Å². The Kier molecular flexibility index (Phi) is 28.2. The van der Waals surface area contributed by atoms with E-state index in [-0.39, 0.29) is 142 Å². The maximum absolute atomic E-state index is 15.5. The number of piperidine rings is 3. The van der Waals surface area contributed by atoms with Crippen molar-refractivity contribution in [2.75, 3.05) is 81.9 Å². The van der Waals surface area contributed by atoms with Gasteiger partial charge >= 0.3 is 17.8 Å². The molecule has 113 heavy (non-hydrogen) atoms. The number of aliphatic hydroxyl groups excluding tert-OH is 1. The Morgan fingerprint density at radius 1 is 0.504 bits per heavy atom. The summed E-state index contributed by atoms with van der Waals surface area (Å²) in [5.41, 5.74) is -4.83. The number of pyridine rings is 2. The molecule has 0 radical (unpaired) electrons. The first-order valence-electron chi connectivity index (χ1n) is 35.5. The Morgan fingerprint density at radius 3 is 1.36 bits per heavy atom. The van der Waals surface area contributed by atoms with Crippen molar-refractivity contribution in [3.05, 3.63) is 198 Å². The van der Waals surface area contributed by atoms with Crippen LogP contribution >= 0.6 is 11.3 Å². The standard InChI is InChI=1S/C30H36F4N4O4.C25H29F4N5O3.C22H18F4N4O2S.CH4/c1-18-14-20(5-7-23(18)31)35-27(41)19-4-6-24(32)22(15-19)30(33,34)28(42)38-13-10-25(29(2,3)17-38)36-26(40)16-37-11-8-21(39)9-12-37;1-14-11-15(5-6-16(14)26)31-22(36)18-8-7-17(27)21(32-18)25(28,29)23(37)34-10-9-19(24(2,3)13-34)33-20(35)12-30-4;1-11-9-13(3-4-14(11)23)28-20(31)17-6-5-15(24)19(29-17)22(25,26)21(32)30-8-7-16-18(10-30)33-12(2)27-16;/h4-7,14-15,21,25,39H,8-13,16-17H2,1-3H3,(H,35,41)(H,36,40);5-8,11,19,30H,9-10,12-13H2,1-4H3,(H,31,36)(H,33,35);3-6,9H,7-8,10H2,1-2H3,(H,28,31);1H4. The maximum Gasteiger partial charge on any atom is 0.369 e. The molecule has 3 saturated heterocycles. The third kappa shape index (κ3) is 21.3. The molecule has 7 heterocycles. The number of amides is 8. The minimum atomic E-state index is -4.36. The molecular weight excluding hydrogens is 1520 g/mol. The van der Waals surface area contributed by atoms with Crippen LogP contribution in [0.3, 0.4) is 0 Å². The number of likely N-dealkylation sites (N-methyl/N-ethyl adjacent to an activating group) is 1. The number of likely N-dealkylation sites (tertiary alicyclic amines) is 3. The molecule has 22 nitrogen and oxygen atoms in total. The molecule has 4 aliphatic heterocycles. The van der Waals surface area contributed by atoms with E-state index >= 15 is 26.3 Å². The first-order valence-corrected chi connectivity index (χ1v) is 36.3. The lowest BCUT2D eigenvalue weighted by atomic mass is 9.78. The van der Waals surface area contributed by atoms with Gasteiger partial charge in [-0.05, 0) is 174 Å². The number of hydrogen-bond donors (Lipinski definition) is 7. The van der Waals surface area contributed by atoms with Crippen LogP contribution < -0.4 is 31.9 Å². The van der Waals surface area contributed by atoms with Crippen LogP contribution in [-0.4, -0.2) is 171 Å². The van der Waals surface area contributed by atoms with Gasteiger partial charge in [0.1, 0.15) is 34.7 Å². The minimum Gasteiger partial charge on any atom is -0.393 e. The van der Waals surface area contributed by atoms with Crippen molar-refractivity contribution in [2.45, 2.75) is 137 Å². The van der Waals surface area contributed by atoms with Crippen LogP contribution in [0.1, 0.15) is 141 Å². The Hall–Kier alpha value is -10.4. The van der Waals surface area contributed by atoms with Gasteiger partial charge in [-0.1, -0.05) is 35.1 Å². The van der Waals surface area contributed by atoms with Crippen LogP contribution in [0.2, 0.25) is 0 Å². The highest BCUT2D eigenvalue weighted by Gasteiger charge is 2.53. The number of aryl methyl sites for hydroxylation is 4. The number of carbonyl (C=O) groups is 8. The highest BCUT2D eigenvalue weighted by Crippen LogP contribution is 2.40. The predicted octanol–water partition coefficient (Wildman–Crippen LogP) is 11.8. The third-order valence-corrected chi connectivity index (χ3v) is 20.5. The molecule has 0 bridgehead atoms. The number of carbonyl (C=O) groups excluding carboxylic acids is 8. The van der Waals surface area contributed by atoms with Crippen LogP contribution in [0, 0.1) is 73.4 Å². The van der Waals surface area contributed by atoms with E-state index in [1.807, 2.05) is 4.90 Å². The van der Waals surface area contributed by atoms with Crippen molar-refractivity contribution in [3.63, 3.8) is 0 Å². The van der Waals surface area contributed by atoms with E-state index in [0.29, 0.717) is 61.5 Å². The number of rotatable bonds is 18. The van der Waals surface area contributed by atoms with E-state index in [2.05, 4.69) is 46.9 Å². The summed E-state index contributed by atoms with van der Waals surface area (Å²) in [4.78, 5) is 118. The Bertz CT molecular complexity index is 4730.